The van der Waals surface area contributed by atoms with Crippen molar-refractivity contribution in [3.8, 4) is 0 Å². The zero-order chi connectivity index (χ0) is 31.2. The number of likely N-dealkylation sites (tertiary alicyclic amines) is 1. The number of imide groups is 3. The number of thiazole rings is 1. The Morgan fingerprint density at radius 2 is 1.63 bits per heavy atom. The van der Waals surface area contributed by atoms with Crippen LogP contribution in [0, 0.1) is 5.92 Å². The number of benzene rings is 2. The molecule has 3 unspecified atom stereocenters. The summed E-state index contributed by atoms with van der Waals surface area (Å²) in [6.07, 6.45) is 0. The van der Waals surface area contributed by atoms with Crippen molar-refractivity contribution in [1.29, 1.82) is 0 Å². The molecule has 1 saturated heterocycles. The lowest BCUT2D eigenvalue weighted by Crippen LogP contribution is -2.41. The molecule has 0 aliphatic carbocycles. The molecule has 43 heavy (non-hydrogen) atoms. The molecule has 1 fully saturated rings. The Kier molecular flexibility index (Phi) is 8.05. The summed E-state index contributed by atoms with van der Waals surface area (Å²) in [7, 11) is 0. The molecule has 3 atom stereocenters. The van der Waals surface area contributed by atoms with Gasteiger partial charge in [-0.05, 0) is 47.7 Å². The number of thioether (sulfide) groups is 1. The van der Waals surface area contributed by atoms with Crippen LogP contribution in [0.3, 0.4) is 0 Å². The molecule has 13 heteroatoms. The second-order valence-electron chi connectivity index (χ2n) is 11.2. The molecule has 5 amide bonds. The number of anilines is 1. The summed E-state index contributed by atoms with van der Waals surface area (Å²) in [5.41, 5.74) is 7.78. The zero-order valence-corrected chi connectivity index (χ0v) is 25.5. The first-order chi connectivity index (χ1) is 20.3. The second kappa shape index (κ2) is 11.5. The van der Waals surface area contributed by atoms with Gasteiger partial charge in [-0.3, -0.25) is 23.7 Å². The van der Waals surface area contributed by atoms with E-state index >= 15 is 0 Å². The number of carbonyl (C=O) groups excluding carboxylic acids is 5. The number of esters is 1. The van der Waals surface area contributed by atoms with Crippen molar-refractivity contribution in [2.75, 3.05) is 11.9 Å². The Balaban J connectivity index is 1.49. The first kappa shape index (κ1) is 30.2. The van der Waals surface area contributed by atoms with Gasteiger partial charge in [0.2, 0.25) is 11.8 Å². The van der Waals surface area contributed by atoms with Crippen LogP contribution in [0.5, 0.6) is 0 Å². The van der Waals surface area contributed by atoms with Crippen molar-refractivity contribution in [1.82, 2.24) is 9.47 Å². The van der Waals surface area contributed by atoms with Crippen molar-refractivity contribution in [3.05, 3.63) is 79.8 Å². The van der Waals surface area contributed by atoms with Gasteiger partial charge in [-0.1, -0.05) is 68.1 Å². The molecule has 11 nitrogen and oxygen atoms in total. The lowest BCUT2D eigenvalue weighted by atomic mass is 9.81. The average Bonchev–Trinajstić information content (AvgIpc) is 3.39. The highest BCUT2D eigenvalue weighted by Gasteiger charge is 2.57. The Morgan fingerprint density at radius 1 is 0.977 bits per heavy atom. The van der Waals surface area contributed by atoms with E-state index in [1.54, 1.807) is 19.1 Å². The van der Waals surface area contributed by atoms with Crippen LogP contribution < -0.4 is 15.9 Å². The van der Waals surface area contributed by atoms with Gasteiger partial charge in [-0.15, -0.1) is 0 Å². The van der Waals surface area contributed by atoms with E-state index in [0.717, 1.165) is 28.7 Å². The van der Waals surface area contributed by atoms with E-state index in [-0.39, 0.29) is 18.6 Å². The van der Waals surface area contributed by atoms with Crippen LogP contribution in [0.25, 0.3) is 0 Å². The summed E-state index contributed by atoms with van der Waals surface area (Å²) in [4.78, 5) is 77.6. The number of nitrogens with zero attached hydrogens (tertiary/aromatic N) is 2. The number of rotatable bonds is 6. The van der Waals surface area contributed by atoms with Gasteiger partial charge < -0.3 is 15.8 Å². The van der Waals surface area contributed by atoms with Gasteiger partial charge >= 0.3 is 16.9 Å². The molecule has 2 aliphatic heterocycles. The van der Waals surface area contributed by atoms with Crippen LogP contribution in [-0.2, 0) is 31.1 Å². The Bertz CT molecular complexity index is 1690. The predicted molar refractivity (Wildman–Crippen MR) is 161 cm³/mol. The van der Waals surface area contributed by atoms with E-state index in [0.29, 0.717) is 31.6 Å². The average molecular weight is 623 g/mol. The van der Waals surface area contributed by atoms with Crippen molar-refractivity contribution in [3.63, 3.8) is 0 Å². The smallest absolute Gasteiger partial charge is 0.338 e. The molecule has 3 aromatic rings. The summed E-state index contributed by atoms with van der Waals surface area (Å²) in [6, 6.07) is 12.6. The van der Waals surface area contributed by atoms with Crippen LogP contribution in [0.1, 0.15) is 60.0 Å². The fourth-order valence-electron chi connectivity index (χ4n) is 5.27. The highest BCUT2D eigenvalue weighted by Crippen LogP contribution is 2.53. The van der Waals surface area contributed by atoms with Gasteiger partial charge in [-0.2, -0.15) is 4.90 Å². The van der Waals surface area contributed by atoms with E-state index in [9.17, 15) is 28.8 Å². The van der Waals surface area contributed by atoms with Gasteiger partial charge in [0.15, 0.2) is 0 Å². The van der Waals surface area contributed by atoms with Gasteiger partial charge in [0.1, 0.15) is 11.8 Å². The normalized spacial score (nSPS) is 19.5. The summed E-state index contributed by atoms with van der Waals surface area (Å²) in [5, 5.41) is 2.10. The SMILES string of the molecule is CCOC(=O)c1ccc(NC(=O)Cn2c3c(sc2=O)C(c2ccc(C(C)(C)C)cc2)C2C(=O)N(C(N)=O)C(=O)C2S3)cc1. The van der Waals surface area contributed by atoms with E-state index in [4.69, 9.17) is 10.5 Å². The predicted octanol–water partition coefficient (Wildman–Crippen LogP) is 3.69. The summed E-state index contributed by atoms with van der Waals surface area (Å²) < 4.78 is 6.25. The molecule has 1 aromatic heterocycles. The molecule has 3 N–H and O–H groups in total. The van der Waals surface area contributed by atoms with Crippen LogP contribution >= 0.6 is 23.1 Å². The number of primary amides is 1. The largest absolute Gasteiger partial charge is 0.462 e. The molecule has 0 radical (unpaired) electrons. The van der Waals surface area contributed by atoms with Crippen LogP contribution in [0.15, 0.2) is 58.4 Å². The maximum Gasteiger partial charge on any atom is 0.338 e. The number of aromatic nitrogens is 1. The third-order valence-electron chi connectivity index (χ3n) is 7.39. The lowest BCUT2D eigenvalue weighted by molar-refractivity contribution is -0.135. The lowest BCUT2D eigenvalue weighted by Gasteiger charge is -2.31. The third-order valence-corrected chi connectivity index (χ3v) is 9.99. The molecule has 0 saturated carbocycles. The maximum absolute atomic E-state index is 13.4. The minimum absolute atomic E-state index is 0.128. The van der Waals surface area contributed by atoms with Gasteiger partial charge in [-0.25, -0.2) is 9.59 Å². The quantitative estimate of drug-likeness (QED) is 0.311. The van der Waals surface area contributed by atoms with Gasteiger partial charge in [0.25, 0.3) is 5.91 Å². The van der Waals surface area contributed by atoms with E-state index in [2.05, 4.69) is 26.1 Å². The molecule has 224 valence electrons. The molecule has 0 spiro atoms. The Labute approximate surface area is 255 Å². The maximum atomic E-state index is 13.4. The van der Waals surface area contributed by atoms with Crippen LogP contribution in [0.2, 0.25) is 0 Å². The highest BCUT2D eigenvalue weighted by molar-refractivity contribution is 8.00. The third kappa shape index (κ3) is 5.62. The molecule has 3 heterocycles. The molecule has 2 aliphatic rings. The molecule has 5 rings (SSSR count). The number of hydrogen-bond donors (Lipinski definition) is 2. The number of hydrogen-bond acceptors (Lipinski definition) is 9. The Morgan fingerprint density at radius 3 is 2.21 bits per heavy atom. The number of carbonyl (C=O) groups is 5. The molecular formula is C30H30N4O7S2. The number of fused-ring (bicyclic) bond motifs is 2. The fraction of sp³-hybridized carbons (Fsp3) is 0.333. The van der Waals surface area contributed by atoms with E-state index < -0.39 is 51.7 Å². The number of urea groups is 1. The summed E-state index contributed by atoms with van der Waals surface area (Å²) >= 11 is 1.90. The van der Waals surface area contributed by atoms with Crippen LogP contribution in [0.4, 0.5) is 10.5 Å². The first-order valence-electron chi connectivity index (χ1n) is 13.6. The summed E-state index contributed by atoms with van der Waals surface area (Å²) in [5.74, 6) is -4.09. The fourth-order valence-corrected chi connectivity index (χ4v) is 8.04. The molecule has 0 bridgehead atoms. The van der Waals surface area contributed by atoms with Crippen molar-refractivity contribution >= 4 is 58.5 Å². The van der Waals surface area contributed by atoms with Gasteiger partial charge in [0.05, 0.1) is 23.1 Å². The van der Waals surface area contributed by atoms with Crippen molar-refractivity contribution < 1.29 is 28.7 Å². The highest BCUT2D eigenvalue weighted by atomic mass is 32.2. The Hall–Kier alpha value is -4.23. The summed E-state index contributed by atoms with van der Waals surface area (Å²) in [6.45, 7) is 7.80. The minimum atomic E-state index is -1.15. The number of nitrogens with two attached hydrogens (primary N) is 1. The van der Waals surface area contributed by atoms with Gasteiger partial charge in [0, 0.05) is 16.5 Å². The van der Waals surface area contributed by atoms with E-state index in [1.807, 2.05) is 24.3 Å². The van der Waals surface area contributed by atoms with Crippen molar-refractivity contribution in [2.45, 2.75) is 55.8 Å². The van der Waals surface area contributed by atoms with Crippen molar-refractivity contribution in [2.24, 2.45) is 11.7 Å². The topological polar surface area (TPSA) is 158 Å². The zero-order valence-electron chi connectivity index (χ0n) is 23.9. The number of amides is 5. The standard InChI is InChI=1S/C30H30N4O7S2/c1-5-41-27(38)16-8-12-18(13-9-16)32-19(35)14-33-26-23(43-29(33)40)20(15-6-10-17(11-7-15)30(2,3)4)21-22(42-26)25(37)34(24(21)36)28(31)39/h6-13,20-22H,5,14H2,1-4H3,(H2,31,39)(H,32,35). The van der Waals surface area contributed by atoms with Crippen LogP contribution in [-0.4, -0.2) is 51.0 Å². The number of nitrogens with one attached hydrogen (secondary N) is 1. The molecule has 2 aromatic carbocycles. The second-order valence-corrected chi connectivity index (χ2v) is 13.4. The molecular weight excluding hydrogens is 592 g/mol. The number of ether oxygens (including phenoxy) is 1. The monoisotopic (exact) mass is 622 g/mol. The minimum Gasteiger partial charge on any atom is -0.462 e. The first-order valence-corrected chi connectivity index (χ1v) is 15.3. The van der Waals surface area contributed by atoms with E-state index in [1.165, 1.54) is 16.7 Å².